The summed E-state index contributed by atoms with van der Waals surface area (Å²) in [5, 5.41) is 11.3. The van der Waals surface area contributed by atoms with Gasteiger partial charge in [0.05, 0.1) is 6.42 Å². The second-order valence-electron chi connectivity index (χ2n) is 4.65. The third kappa shape index (κ3) is 3.45. The van der Waals surface area contributed by atoms with E-state index in [1.165, 1.54) is 0 Å². The Balaban J connectivity index is 2.11. The minimum atomic E-state index is -4.37. The molecule has 1 aliphatic heterocycles. The first kappa shape index (κ1) is 15.1. The highest BCUT2D eigenvalue weighted by atomic mass is 19.4. The number of halogens is 3. The third-order valence-corrected chi connectivity index (χ3v) is 3.16. The Bertz CT molecular complexity index is 560. The van der Waals surface area contributed by atoms with Gasteiger partial charge in [0.15, 0.2) is 0 Å². The van der Waals surface area contributed by atoms with Crippen molar-refractivity contribution in [3.8, 4) is 0 Å². The summed E-state index contributed by atoms with van der Waals surface area (Å²) < 4.78 is 36.2. The smallest absolute Gasteiger partial charge is 0.390 e. The summed E-state index contributed by atoms with van der Waals surface area (Å²) in [6.45, 7) is -0.590. The van der Waals surface area contributed by atoms with E-state index in [4.69, 9.17) is 5.11 Å². The van der Waals surface area contributed by atoms with Crippen LogP contribution in [0.2, 0.25) is 0 Å². The Morgan fingerprint density at radius 2 is 2.00 bits per heavy atom. The topological polar surface area (TPSA) is 69.6 Å². The molecule has 114 valence electrons. The van der Waals surface area contributed by atoms with Crippen LogP contribution in [0.25, 0.3) is 0 Å². The molecule has 2 N–H and O–H groups in total. The fourth-order valence-electron chi connectivity index (χ4n) is 2.23. The molecule has 0 spiro atoms. The zero-order valence-electron chi connectivity index (χ0n) is 10.9. The van der Waals surface area contributed by atoms with E-state index in [0.717, 1.165) is 4.90 Å². The lowest BCUT2D eigenvalue weighted by Crippen LogP contribution is -2.48. The number of para-hydroxylation sites is 1. The van der Waals surface area contributed by atoms with Crippen molar-refractivity contribution >= 4 is 17.7 Å². The normalized spacial score (nSPS) is 17.5. The molecule has 1 aromatic rings. The van der Waals surface area contributed by atoms with Crippen molar-refractivity contribution in [2.24, 2.45) is 0 Å². The van der Waals surface area contributed by atoms with Crippen LogP contribution in [0.15, 0.2) is 24.3 Å². The van der Waals surface area contributed by atoms with Gasteiger partial charge >= 0.3 is 18.2 Å². The summed E-state index contributed by atoms with van der Waals surface area (Å²) in [4.78, 5) is 24.2. The molecule has 1 aliphatic rings. The molecule has 0 bridgehead atoms. The van der Waals surface area contributed by atoms with E-state index in [1.54, 1.807) is 24.3 Å². The zero-order chi connectivity index (χ0) is 15.6. The van der Waals surface area contributed by atoms with Gasteiger partial charge in [0, 0.05) is 18.7 Å². The summed E-state index contributed by atoms with van der Waals surface area (Å²) in [7, 11) is 0. The van der Waals surface area contributed by atoms with Crippen LogP contribution in [0.5, 0.6) is 0 Å². The van der Waals surface area contributed by atoms with Gasteiger partial charge in [0.2, 0.25) is 0 Å². The van der Waals surface area contributed by atoms with Crippen LogP contribution in [0.3, 0.4) is 0 Å². The maximum absolute atomic E-state index is 12.1. The van der Waals surface area contributed by atoms with E-state index in [2.05, 4.69) is 5.32 Å². The highest BCUT2D eigenvalue weighted by Crippen LogP contribution is 2.32. The van der Waals surface area contributed by atoms with E-state index in [9.17, 15) is 22.8 Å². The van der Waals surface area contributed by atoms with Crippen molar-refractivity contribution in [1.29, 1.82) is 0 Å². The lowest BCUT2D eigenvalue weighted by atomic mass is 10.1. The molecule has 0 fully saturated rings. The fraction of sp³-hybridized carbons (Fsp3) is 0.385. The van der Waals surface area contributed by atoms with Gasteiger partial charge in [-0.25, -0.2) is 9.59 Å². The highest BCUT2D eigenvalue weighted by Gasteiger charge is 2.38. The van der Waals surface area contributed by atoms with Gasteiger partial charge in [0.25, 0.3) is 0 Å². The van der Waals surface area contributed by atoms with Gasteiger partial charge in [-0.1, -0.05) is 18.2 Å². The maximum atomic E-state index is 12.1. The van der Waals surface area contributed by atoms with E-state index < -0.39 is 37.2 Å². The number of carbonyl (C=O) groups is 2. The number of carboxylic acids is 1. The number of rotatable bonds is 3. The van der Waals surface area contributed by atoms with Crippen LogP contribution in [-0.2, 0) is 11.2 Å². The summed E-state index contributed by atoms with van der Waals surface area (Å²) >= 11 is 0. The van der Waals surface area contributed by atoms with Crippen molar-refractivity contribution in [3.63, 3.8) is 0 Å². The summed E-state index contributed by atoms with van der Waals surface area (Å²) in [6.07, 6.45) is -5.40. The van der Waals surface area contributed by atoms with E-state index in [1.807, 2.05) is 0 Å². The zero-order valence-corrected chi connectivity index (χ0v) is 10.9. The van der Waals surface area contributed by atoms with Crippen molar-refractivity contribution in [3.05, 3.63) is 29.8 Å². The molecule has 0 radical (unpaired) electrons. The van der Waals surface area contributed by atoms with E-state index in [0.29, 0.717) is 11.3 Å². The number of amides is 2. The van der Waals surface area contributed by atoms with Crippen molar-refractivity contribution in [2.75, 3.05) is 11.4 Å². The molecule has 1 atom stereocenters. The van der Waals surface area contributed by atoms with Gasteiger partial charge in [-0.3, -0.25) is 4.90 Å². The number of nitrogens with one attached hydrogen (secondary N) is 1. The molecule has 21 heavy (non-hydrogen) atoms. The number of anilines is 1. The van der Waals surface area contributed by atoms with Crippen LogP contribution in [0, 0.1) is 0 Å². The van der Waals surface area contributed by atoms with Crippen molar-refractivity contribution < 1.29 is 27.9 Å². The number of hydrogen-bond acceptors (Lipinski definition) is 2. The Kier molecular flexibility index (Phi) is 4.06. The molecule has 0 aromatic heterocycles. The number of benzene rings is 1. The van der Waals surface area contributed by atoms with Crippen LogP contribution in [0.4, 0.5) is 23.7 Å². The standard InChI is InChI=1S/C13H13F3N2O3/c14-13(15,16)5-6-17-12(21)18-9-4-2-1-3-8(9)7-10(18)11(19)20/h1-4,10H,5-7H2,(H,17,21)(H,19,20)/t10-/m0/s1. The Morgan fingerprint density at radius 1 is 1.33 bits per heavy atom. The number of alkyl halides is 3. The van der Waals surface area contributed by atoms with E-state index in [-0.39, 0.29) is 6.42 Å². The monoisotopic (exact) mass is 302 g/mol. The summed E-state index contributed by atoms with van der Waals surface area (Å²) in [6, 6.07) is 4.67. The van der Waals surface area contributed by atoms with Gasteiger partial charge in [0.1, 0.15) is 6.04 Å². The number of carbonyl (C=O) groups excluding carboxylic acids is 1. The SMILES string of the molecule is O=C(O)[C@@H]1Cc2ccccc2N1C(=O)NCCC(F)(F)F. The number of nitrogens with zero attached hydrogens (tertiary/aromatic N) is 1. The molecule has 0 saturated carbocycles. The molecule has 2 rings (SSSR count). The largest absolute Gasteiger partial charge is 0.480 e. The van der Waals surface area contributed by atoms with Crippen molar-refractivity contribution in [2.45, 2.75) is 25.1 Å². The first-order valence-corrected chi connectivity index (χ1v) is 6.24. The number of aliphatic carboxylic acids is 1. The minimum Gasteiger partial charge on any atom is -0.480 e. The summed E-state index contributed by atoms with van der Waals surface area (Å²) in [5.74, 6) is -1.20. The number of urea groups is 1. The Labute approximate surface area is 118 Å². The van der Waals surface area contributed by atoms with Crippen LogP contribution in [0.1, 0.15) is 12.0 Å². The van der Waals surface area contributed by atoms with Crippen LogP contribution in [-0.4, -0.2) is 35.9 Å². The number of hydrogen-bond donors (Lipinski definition) is 2. The molecule has 1 heterocycles. The first-order chi connectivity index (χ1) is 9.79. The fourth-order valence-corrected chi connectivity index (χ4v) is 2.23. The molecule has 2 amide bonds. The van der Waals surface area contributed by atoms with Crippen LogP contribution >= 0.6 is 0 Å². The number of carboxylic acid groups (broad SMARTS) is 1. The average molecular weight is 302 g/mol. The second-order valence-corrected chi connectivity index (χ2v) is 4.65. The Hall–Kier alpha value is -2.25. The van der Waals surface area contributed by atoms with Crippen molar-refractivity contribution in [1.82, 2.24) is 5.32 Å². The predicted molar refractivity (Wildman–Crippen MR) is 68.1 cm³/mol. The Morgan fingerprint density at radius 3 is 2.62 bits per heavy atom. The highest BCUT2D eigenvalue weighted by molar-refractivity contribution is 6.01. The van der Waals surface area contributed by atoms with Gasteiger partial charge in [-0.2, -0.15) is 13.2 Å². The average Bonchev–Trinajstić information content (AvgIpc) is 2.76. The minimum absolute atomic E-state index is 0.137. The summed E-state index contributed by atoms with van der Waals surface area (Å²) in [5.41, 5.74) is 1.09. The van der Waals surface area contributed by atoms with E-state index >= 15 is 0 Å². The predicted octanol–water partition coefficient (Wildman–Crippen LogP) is 2.16. The van der Waals surface area contributed by atoms with Crippen LogP contribution < -0.4 is 10.2 Å². The lowest BCUT2D eigenvalue weighted by Gasteiger charge is -2.23. The third-order valence-electron chi connectivity index (χ3n) is 3.16. The number of fused-ring (bicyclic) bond motifs is 1. The molecule has 5 nitrogen and oxygen atoms in total. The van der Waals surface area contributed by atoms with Gasteiger partial charge < -0.3 is 10.4 Å². The molecule has 0 unspecified atom stereocenters. The molecule has 8 heteroatoms. The maximum Gasteiger partial charge on any atom is 0.390 e. The van der Waals surface area contributed by atoms with Gasteiger partial charge in [-0.15, -0.1) is 0 Å². The molecular weight excluding hydrogens is 289 g/mol. The van der Waals surface area contributed by atoms with Gasteiger partial charge in [-0.05, 0) is 11.6 Å². The first-order valence-electron chi connectivity index (χ1n) is 6.24. The molecule has 1 aromatic carbocycles. The second kappa shape index (κ2) is 5.63. The molecular formula is C13H13F3N2O3. The molecule has 0 aliphatic carbocycles. The quantitative estimate of drug-likeness (QED) is 0.899. The lowest BCUT2D eigenvalue weighted by molar-refractivity contribution is -0.138. The molecule has 0 saturated heterocycles.